The van der Waals surface area contributed by atoms with Crippen molar-refractivity contribution in [3.8, 4) is 0 Å². The van der Waals surface area contributed by atoms with Gasteiger partial charge < -0.3 is 9.80 Å². The van der Waals surface area contributed by atoms with Gasteiger partial charge in [-0.25, -0.2) is 0 Å². The van der Waals surface area contributed by atoms with Gasteiger partial charge in [0.05, 0.1) is 0 Å². The number of carbonyl (C=O) groups excluding carboxylic acids is 2. The normalized spacial score (nSPS) is 18.8. The number of hydrogen-bond acceptors (Lipinski definition) is 2. The molecule has 0 atom stereocenters. The van der Waals surface area contributed by atoms with E-state index in [1.165, 1.54) is 0 Å². The molecule has 1 heterocycles. The van der Waals surface area contributed by atoms with E-state index in [-0.39, 0.29) is 11.8 Å². The fourth-order valence-corrected chi connectivity index (χ4v) is 1.32. The van der Waals surface area contributed by atoms with Crippen molar-refractivity contribution < 1.29 is 9.59 Å². The lowest BCUT2D eigenvalue weighted by atomic mass is 10.3. The number of rotatable bonds is 2. The zero-order valence-corrected chi connectivity index (χ0v) is 7.54. The number of nitrogens with zero attached hydrogens (tertiary/aromatic N) is 2. The summed E-state index contributed by atoms with van der Waals surface area (Å²) in [4.78, 5) is 25.7. The minimum atomic E-state index is -0.356. The Balaban J connectivity index is 2.65. The highest BCUT2D eigenvalue weighted by molar-refractivity contribution is 6.35. The number of piperazine rings is 1. The van der Waals surface area contributed by atoms with Crippen LogP contribution in [0.25, 0.3) is 0 Å². The van der Waals surface area contributed by atoms with E-state index >= 15 is 0 Å². The second-order valence-corrected chi connectivity index (χ2v) is 2.77. The first-order valence-corrected chi connectivity index (χ1v) is 4.28. The van der Waals surface area contributed by atoms with E-state index in [0.717, 1.165) is 0 Å². The fraction of sp³-hybridized carbons (Fsp3) is 0.750. The van der Waals surface area contributed by atoms with Crippen LogP contribution in [0.1, 0.15) is 13.8 Å². The van der Waals surface area contributed by atoms with Crippen LogP contribution in [0, 0.1) is 0 Å². The van der Waals surface area contributed by atoms with Gasteiger partial charge in [0.25, 0.3) is 0 Å². The molecular formula is C8H14N2O2. The van der Waals surface area contributed by atoms with E-state index in [1.807, 2.05) is 13.8 Å². The van der Waals surface area contributed by atoms with Crippen molar-refractivity contribution in [2.45, 2.75) is 13.8 Å². The summed E-state index contributed by atoms with van der Waals surface area (Å²) in [5.41, 5.74) is 0. The maximum absolute atomic E-state index is 11.3. The Morgan fingerprint density at radius 1 is 1.00 bits per heavy atom. The molecule has 0 aromatic carbocycles. The molecule has 0 aliphatic carbocycles. The molecule has 4 heteroatoms. The van der Waals surface area contributed by atoms with Crippen molar-refractivity contribution >= 4 is 11.8 Å². The van der Waals surface area contributed by atoms with Gasteiger partial charge in [0.1, 0.15) is 0 Å². The van der Waals surface area contributed by atoms with Crippen molar-refractivity contribution in [3.63, 3.8) is 0 Å². The summed E-state index contributed by atoms with van der Waals surface area (Å²) < 4.78 is 0. The topological polar surface area (TPSA) is 40.6 Å². The molecule has 1 saturated heterocycles. The van der Waals surface area contributed by atoms with Crippen LogP contribution in [0.5, 0.6) is 0 Å². The van der Waals surface area contributed by atoms with Gasteiger partial charge in [0, 0.05) is 26.2 Å². The minimum absolute atomic E-state index is 0.356. The molecule has 1 aliphatic heterocycles. The van der Waals surface area contributed by atoms with E-state index in [4.69, 9.17) is 0 Å². The van der Waals surface area contributed by atoms with Crippen molar-refractivity contribution in [3.05, 3.63) is 0 Å². The van der Waals surface area contributed by atoms with Gasteiger partial charge >= 0.3 is 11.8 Å². The van der Waals surface area contributed by atoms with Crippen LogP contribution in [-0.4, -0.2) is 47.8 Å². The van der Waals surface area contributed by atoms with Crippen LogP contribution < -0.4 is 0 Å². The van der Waals surface area contributed by atoms with E-state index in [9.17, 15) is 9.59 Å². The first kappa shape index (κ1) is 9.03. The molecule has 0 aromatic heterocycles. The zero-order chi connectivity index (χ0) is 9.14. The highest BCUT2D eigenvalue weighted by Crippen LogP contribution is 2.03. The Hall–Kier alpha value is -1.06. The lowest BCUT2D eigenvalue weighted by molar-refractivity contribution is -0.155. The maximum Gasteiger partial charge on any atom is 0.312 e. The maximum atomic E-state index is 11.3. The van der Waals surface area contributed by atoms with Crippen LogP contribution in [0.2, 0.25) is 0 Å². The van der Waals surface area contributed by atoms with Crippen molar-refractivity contribution in [2.75, 3.05) is 26.2 Å². The van der Waals surface area contributed by atoms with Gasteiger partial charge in [-0.15, -0.1) is 0 Å². The summed E-state index contributed by atoms with van der Waals surface area (Å²) in [5, 5.41) is 0. The van der Waals surface area contributed by atoms with E-state index in [2.05, 4.69) is 0 Å². The Labute approximate surface area is 72.1 Å². The second-order valence-electron chi connectivity index (χ2n) is 2.77. The molecule has 0 saturated carbocycles. The van der Waals surface area contributed by atoms with Crippen LogP contribution in [0.3, 0.4) is 0 Å². The predicted molar refractivity (Wildman–Crippen MR) is 44.5 cm³/mol. The number of amides is 2. The molecule has 0 aromatic rings. The summed E-state index contributed by atoms with van der Waals surface area (Å²) in [5.74, 6) is -0.712. The Bertz CT molecular complexity index is 181. The van der Waals surface area contributed by atoms with Gasteiger partial charge in [-0.3, -0.25) is 9.59 Å². The molecule has 0 spiro atoms. The zero-order valence-electron chi connectivity index (χ0n) is 7.54. The first-order valence-electron chi connectivity index (χ1n) is 4.28. The van der Waals surface area contributed by atoms with E-state index < -0.39 is 0 Å². The molecule has 1 fully saturated rings. The van der Waals surface area contributed by atoms with Gasteiger partial charge in [-0.05, 0) is 13.8 Å². The molecule has 0 unspecified atom stereocenters. The third kappa shape index (κ3) is 1.42. The predicted octanol–water partition coefficient (Wildman–Crippen LogP) is -0.303. The molecule has 4 nitrogen and oxygen atoms in total. The summed E-state index contributed by atoms with van der Waals surface area (Å²) in [6, 6.07) is 0. The molecule has 0 N–H and O–H groups in total. The monoisotopic (exact) mass is 170 g/mol. The third-order valence-corrected chi connectivity index (χ3v) is 2.16. The number of likely N-dealkylation sites (N-methyl/N-ethyl adjacent to an activating group) is 2. The molecule has 2 amide bonds. The smallest absolute Gasteiger partial charge is 0.312 e. The average molecular weight is 170 g/mol. The van der Waals surface area contributed by atoms with Crippen LogP contribution in [0.15, 0.2) is 0 Å². The molecular weight excluding hydrogens is 156 g/mol. The standard InChI is InChI=1S/C8H14N2O2/c1-3-9-5-6-10(4-2)8(12)7(9)11/h3-6H2,1-2H3. The molecule has 1 aliphatic rings. The lowest BCUT2D eigenvalue weighted by Gasteiger charge is -2.32. The SMILES string of the molecule is CCN1CCN(CC)C(=O)C1=O. The van der Waals surface area contributed by atoms with E-state index in [0.29, 0.717) is 26.2 Å². The Morgan fingerprint density at radius 3 is 1.58 bits per heavy atom. The van der Waals surface area contributed by atoms with Gasteiger partial charge in [0.2, 0.25) is 0 Å². The van der Waals surface area contributed by atoms with Crippen LogP contribution >= 0.6 is 0 Å². The first-order chi connectivity index (χ1) is 5.70. The summed E-state index contributed by atoms with van der Waals surface area (Å²) in [7, 11) is 0. The summed E-state index contributed by atoms with van der Waals surface area (Å²) >= 11 is 0. The van der Waals surface area contributed by atoms with Gasteiger partial charge in [0.15, 0.2) is 0 Å². The third-order valence-electron chi connectivity index (χ3n) is 2.16. The number of hydrogen-bond donors (Lipinski definition) is 0. The molecule has 0 radical (unpaired) electrons. The van der Waals surface area contributed by atoms with Gasteiger partial charge in [-0.2, -0.15) is 0 Å². The molecule has 1 rings (SSSR count). The fourth-order valence-electron chi connectivity index (χ4n) is 1.32. The largest absolute Gasteiger partial charge is 0.333 e. The molecule has 12 heavy (non-hydrogen) atoms. The van der Waals surface area contributed by atoms with E-state index in [1.54, 1.807) is 9.80 Å². The summed E-state index contributed by atoms with van der Waals surface area (Å²) in [6.45, 7) is 6.37. The second kappa shape index (κ2) is 3.56. The number of carbonyl (C=O) groups is 2. The quantitative estimate of drug-likeness (QED) is 0.534. The van der Waals surface area contributed by atoms with Crippen molar-refractivity contribution in [1.82, 2.24) is 9.80 Å². The minimum Gasteiger partial charge on any atom is -0.333 e. The average Bonchev–Trinajstić information content (AvgIpc) is 2.10. The lowest BCUT2D eigenvalue weighted by Crippen LogP contribution is -2.53. The molecule has 0 bridgehead atoms. The highest BCUT2D eigenvalue weighted by atomic mass is 16.2. The molecule has 68 valence electrons. The van der Waals surface area contributed by atoms with Crippen molar-refractivity contribution in [2.24, 2.45) is 0 Å². The Morgan fingerprint density at radius 2 is 1.33 bits per heavy atom. The Kier molecular flexibility index (Phi) is 2.68. The summed E-state index contributed by atoms with van der Waals surface area (Å²) in [6.07, 6.45) is 0. The van der Waals surface area contributed by atoms with Gasteiger partial charge in [-0.1, -0.05) is 0 Å². The highest BCUT2D eigenvalue weighted by Gasteiger charge is 2.30. The van der Waals surface area contributed by atoms with Crippen molar-refractivity contribution in [1.29, 1.82) is 0 Å². The van der Waals surface area contributed by atoms with Crippen LogP contribution in [0.4, 0.5) is 0 Å². The van der Waals surface area contributed by atoms with Crippen LogP contribution in [-0.2, 0) is 9.59 Å².